The van der Waals surface area contributed by atoms with Crippen LogP contribution < -0.4 is 4.74 Å². The standard InChI is InChI=1S/C18H23N5O3/c1-13-17-21-20-15(12-26-14-4-2-7-19-11-14)23(17)9-8-22(13)16(24)10-18(25)5-3-6-18/h2,4,7,11,13,25H,3,5-6,8-10,12H2,1H3/t13-/m1/s1. The second kappa shape index (κ2) is 6.68. The monoisotopic (exact) mass is 357 g/mol. The summed E-state index contributed by atoms with van der Waals surface area (Å²) in [5.74, 6) is 2.16. The van der Waals surface area contributed by atoms with E-state index >= 15 is 0 Å². The van der Waals surface area contributed by atoms with Crippen LogP contribution >= 0.6 is 0 Å². The van der Waals surface area contributed by atoms with Crippen molar-refractivity contribution < 1.29 is 14.6 Å². The fourth-order valence-corrected chi connectivity index (χ4v) is 3.62. The molecule has 1 saturated carbocycles. The zero-order valence-electron chi connectivity index (χ0n) is 14.8. The molecular formula is C18H23N5O3. The van der Waals surface area contributed by atoms with Crippen LogP contribution in [-0.2, 0) is 17.9 Å². The number of ether oxygens (including phenoxy) is 1. The maximum Gasteiger partial charge on any atom is 0.226 e. The van der Waals surface area contributed by atoms with Gasteiger partial charge < -0.3 is 19.3 Å². The average Bonchev–Trinajstić information content (AvgIpc) is 3.03. The molecule has 0 unspecified atom stereocenters. The van der Waals surface area contributed by atoms with Crippen LogP contribution in [0.25, 0.3) is 0 Å². The van der Waals surface area contributed by atoms with Crippen molar-refractivity contribution in [3.05, 3.63) is 36.2 Å². The number of hydrogen-bond donors (Lipinski definition) is 1. The summed E-state index contributed by atoms with van der Waals surface area (Å²) in [7, 11) is 0. The van der Waals surface area contributed by atoms with Crippen LogP contribution in [0, 0.1) is 0 Å². The molecule has 1 fully saturated rings. The topological polar surface area (TPSA) is 93.4 Å². The minimum Gasteiger partial charge on any atom is -0.484 e. The van der Waals surface area contributed by atoms with E-state index in [2.05, 4.69) is 15.2 Å². The molecule has 1 amide bonds. The number of hydrogen-bond acceptors (Lipinski definition) is 6. The van der Waals surface area contributed by atoms with Crippen LogP contribution in [0.15, 0.2) is 24.5 Å². The summed E-state index contributed by atoms with van der Waals surface area (Å²) in [5, 5.41) is 18.8. The number of amides is 1. The largest absolute Gasteiger partial charge is 0.484 e. The Bertz CT molecular complexity index is 787. The van der Waals surface area contributed by atoms with Crippen LogP contribution in [-0.4, -0.2) is 47.8 Å². The van der Waals surface area contributed by atoms with Gasteiger partial charge in [0.05, 0.1) is 24.3 Å². The summed E-state index contributed by atoms with van der Waals surface area (Å²) in [6.45, 7) is 3.47. The summed E-state index contributed by atoms with van der Waals surface area (Å²) in [6.07, 6.45) is 5.97. The molecule has 0 aromatic carbocycles. The zero-order chi connectivity index (χ0) is 18.1. The van der Waals surface area contributed by atoms with Gasteiger partial charge in [0.15, 0.2) is 11.6 Å². The predicted octanol–water partition coefficient (Wildman–Crippen LogP) is 1.46. The van der Waals surface area contributed by atoms with Gasteiger partial charge in [0.25, 0.3) is 0 Å². The molecular weight excluding hydrogens is 334 g/mol. The second-order valence-electron chi connectivity index (χ2n) is 7.12. The molecule has 0 bridgehead atoms. The maximum absolute atomic E-state index is 12.6. The minimum absolute atomic E-state index is 0.0119. The first-order valence-corrected chi connectivity index (χ1v) is 9.02. The smallest absolute Gasteiger partial charge is 0.226 e. The Hall–Kier alpha value is -2.48. The van der Waals surface area contributed by atoms with Crippen LogP contribution in [0.2, 0.25) is 0 Å². The second-order valence-corrected chi connectivity index (χ2v) is 7.12. The number of carbonyl (C=O) groups is 1. The lowest BCUT2D eigenvalue weighted by atomic mass is 9.77. The van der Waals surface area contributed by atoms with Gasteiger partial charge in [0, 0.05) is 19.3 Å². The van der Waals surface area contributed by atoms with Gasteiger partial charge >= 0.3 is 0 Å². The van der Waals surface area contributed by atoms with Crippen molar-refractivity contribution in [1.29, 1.82) is 0 Å². The SMILES string of the molecule is C[C@@H]1c2nnc(COc3cccnc3)n2CCN1C(=O)CC1(O)CCC1. The highest BCUT2D eigenvalue weighted by atomic mass is 16.5. The van der Waals surface area contributed by atoms with Crippen molar-refractivity contribution in [3.8, 4) is 5.75 Å². The van der Waals surface area contributed by atoms with Crippen molar-refractivity contribution >= 4 is 5.91 Å². The highest BCUT2D eigenvalue weighted by Crippen LogP contribution is 2.36. The van der Waals surface area contributed by atoms with E-state index in [1.807, 2.05) is 23.6 Å². The van der Waals surface area contributed by atoms with Crippen LogP contribution in [0.5, 0.6) is 5.75 Å². The zero-order valence-corrected chi connectivity index (χ0v) is 14.8. The Morgan fingerprint density at radius 3 is 2.92 bits per heavy atom. The molecule has 1 N–H and O–H groups in total. The first kappa shape index (κ1) is 17.0. The molecule has 4 rings (SSSR count). The number of pyridine rings is 1. The summed E-state index contributed by atoms with van der Waals surface area (Å²) in [5.41, 5.74) is -0.801. The van der Waals surface area contributed by atoms with Gasteiger partial charge in [0.2, 0.25) is 5.91 Å². The van der Waals surface area contributed by atoms with Gasteiger partial charge in [-0.3, -0.25) is 9.78 Å². The Morgan fingerprint density at radius 1 is 1.38 bits per heavy atom. The van der Waals surface area contributed by atoms with Gasteiger partial charge in [-0.2, -0.15) is 0 Å². The number of aromatic nitrogens is 4. The first-order chi connectivity index (χ1) is 12.6. The van der Waals surface area contributed by atoms with Crippen molar-refractivity contribution in [2.24, 2.45) is 0 Å². The molecule has 2 aromatic rings. The number of fused-ring (bicyclic) bond motifs is 1. The summed E-state index contributed by atoms with van der Waals surface area (Å²) in [6, 6.07) is 3.49. The van der Waals surface area contributed by atoms with E-state index < -0.39 is 5.60 Å². The van der Waals surface area contributed by atoms with Crippen molar-refractivity contribution in [2.45, 2.75) is 57.4 Å². The lowest BCUT2D eigenvalue weighted by Crippen LogP contribution is -2.47. The molecule has 0 spiro atoms. The molecule has 1 aliphatic heterocycles. The molecule has 0 radical (unpaired) electrons. The molecule has 26 heavy (non-hydrogen) atoms. The van der Waals surface area contributed by atoms with E-state index in [1.54, 1.807) is 17.3 Å². The quantitative estimate of drug-likeness (QED) is 0.871. The fourth-order valence-electron chi connectivity index (χ4n) is 3.62. The van der Waals surface area contributed by atoms with Crippen molar-refractivity contribution in [2.75, 3.05) is 6.54 Å². The van der Waals surface area contributed by atoms with Crippen LogP contribution in [0.4, 0.5) is 0 Å². The molecule has 0 saturated heterocycles. The lowest BCUT2D eigenvalue weighted by Gasteiger charge is -2.40. The Kier molecular flexibility index (Phi) is 4.36. The molecule has 138 valence electrons. The van der Waals surface area contributed by atoms with E-state index in [1.165, 1.54) is 0 Å². The van der Waals surface area contributed by atoms with E-state index in [0.29, 0.717) is 38.3 Å². The predicted molar refractivity (Wildman–Crippen MR) is 92.1 cm³/mol. The lowest BCUT2D eigenvalue weighted by molar-refractivity contribution is -0.143. The van der Waals surface area contributed by atoms with Gasteiger partial charge in [-0.15, -0.1) is 10.2 Å². The normalized spacial score (nSPS) is 21.0. The summed E-state index contributed by atoms with van der Waals surface area (Å²) < 4.78 is 7.73. The number of aliphatic hydroxyl groups is 1. The number of rotatable bonds is 5. The van der Waals surface area contributed by atoms with Crippen LogP contribution in [0.1, 0.15) is 50.3 Å². The van der Waals surface area contributed by atoms with Crippen LogP contribution in [0.3, 0.4) is 0 Å². The third kappa shape index (κ3) is 3.16. The van der Waals surface area contributed by atoms with E-state index in [-0.39, 0.29) is 18.4 Å². The Labute approximate surface area is 151 Å². The average molecular weight is 357 g/mol. The molecule has 1 aliphatic carbocycles. The summed E-state index contributed by atoms with van der Waals surface area (Å²) in [4.78, 5) is 18.4. The van der Waals surface area contributed by atoms with E-state index in [0.717, 1.165) is 18.1 Å². The fraction of sp³-hybridized carbons (Fsp3) is 0.556. The summed E-state index contributed by atoms with van der Waals surface area (Å²) >= 11 is 0. The molecule has 8 nitrogen and oxygen atoms in total. The van der Waals surface area contributed by atoms with E-state index in [9.17, 15) is 9.90 Å². The highest BCUT2D eigenvalue weighted by Gasteiger charge is 2.40. The van der Waals surface area contributed by atoms with Gasteiger partial charge in [-0.05, 0) is 38.3 Å². The third-order valence-corrected chi connectivity index (χ3v) is 5.35. The first-order valence-electron chi connectivity index (χ1n) is 9.02. The molecule has 2 aromatic heterocycles. The molecule has 2 aliphatic rings. The van der Waals surface area contributed by atoms with Gasteiger partial charge in [-0.25, -0.2) is 0 Å². The van der Waals surface area contributed by atoms with E-state index in [4.69, 9.17) is 4.74 Å². The maximum atomic E-state index is 12.6. The third-order valence-electron chi connectivity index (χ3n) is 5.35. The number of carbonyl (C=O) groups excluding carboxylic acids is 1. The Balaban J connectivity index is 1.43. The van der Waals surface area contributed by atoms with Crippen molar-refractivity contribution in [3.63, 3.8) is 0 Å². The Morgan fingerprint density at radius 2 is 2.23 bits per heavy atom. The number of nitrogens with zero attached hydrogens (tertiary/aromatic N) is 5. The minimum atomic E-state index is -0.801. The van der Waals surface area contributed by atoms with Gasteiger partial charge in [-0.1, -0.05) is 0 Å². The molecule has 3 heterocycles. The highest BCUT2D eigenvalue weighted by molar-refractivity contribution is 5.78. The van der Waals surface area contributed by atoms with Crippen molar-refractivity contribution in [1.82, 2.24) is 24.6 Å². The molecule has 8 heteroatoms. The van der Waals surface area contributed by atoms with Gasteiger partial charge in [0.1, 0.15) is 12.4 Å². The molecule has 1 atom stereocenters.